The van der Waals surface area contributed by atoms with Gasteiger partial charge >= 0.3 is 0 Å². The number of nitrogens with zero attached hydrogens (tertiary/aromatic N) is 1. The Bertz CT molecular complexity index is 423. The third-order valence-electron chi connectivity index (χ3n) is 1.88. The van der Waals surface area contributed by atoms with E-state index in [-0.39, 0.29) is 12.4 Å². The summed E-state index contributed by atoms with van der Waals surface area (Å²) in [5.41, 5.74) is 0. The van der Waals surface area contributed by atoms with E-state index >= 15 is 0 Å². The van der Waals surface area contributed by atoms with E-state index < -0.39 is 0 Å². The monoisotopic (exact) mass is 202 g/mol. The van der Waals surface area contributed by atoms with Crippen molar-refractivity contribution >= 4 is 5.78 Å². The summed E-state index contributed by atoms with van der Waals surface area (Å²) >= 11 is 0. The van der Waals surface area contributed by atoms with Crippen LogP contribution in [0, 0.1) is 0 Å². The van der Waals surface area contributed by atoms with E-state index in [0.717, 1.165) is 0 Å². The lowest BCUT2D eigenvalue weighted by atomic mass is 10.3. The van der Waals surface area contributed by atoms with Gasteiger partial charge in [0.05, 0.1) is 0 Å². The Kier molecular flexibility index (Phi) is 2.78. The molecule has 15 heavy (non-hydrogen) atoms. The van der Waals surface area contributed by atoms with Gasteiger partial charge in [0.15, 0.2) is 12.4 Å². The summed E-state index contributed by atoms with van der Waals surface area (Å²) in [6, 6.07) is 9.20. The number of imidazole rings is 1. The van der Waals surface area contributed by atoms with Crippen molar-refractivity contribution < 1.29 is 9.53 Å². The molecule has 0 spiro atoms. The second-order valence-electron chi connectivity index (χ2n) is 2.96. The third-order valence-corrected chi connectivity index (χ3v) is 1.88. The van der Waals surface area contributed by atoms with E-state index in [1.807, 2.05) is 18.2 Å². The van der Waals surface area contributed by atoms with Crippen molar-refractivity contribution in [2.45, 2.75) is 0 Å². The fraction of sp³-hybridized carbons (Fsp3) is 0.0909. The summed E-state index contributed by atoms with van der Waals surface area (Å²) in [7, 11) is 0. The molecule has 76 valence electrons. The highest BCUT2D eigenvalue weighted by Gasteiger charge is 2.08. The van der Waals surface area contributed by atoms with Gasteiger partial charge < -0.3 is 9.72 Å². The number of para-hydroxylation sites is 1. The first-order chi connectivity index (χ1) is 7.36. The Morgan fingerprint density at radius 1 is 1.33 bits per heavy atom. The number of ether oxygens (including phenoxy) is 1. The number of ketones is 1. The van der Waals surface area contributed by atoms with Gasteiger partial charge in [-0.1, -0.05) is 18.2 Å². The molecule has 0 unspecified atom stereocenters. The van der Waals surface area contributed by atoms with Gasteiger partial charge in [-0.25, -0.2) is 4.98 Å². The Balaban J connectivity index is 1.92. The molecule has 4 nitrogen and oxygen atoms in total. The zero-order valence-electron chi connectivity index (χ0n) is 8.01. The summed E-state index contributed by atoms with van der Waals surface area (Å²) < 4.78 is 5.28. The third kappa shape index (κ3) is 2.43. The van der Waals surface area contributed by atoms with E-state index in [1.54, 1.807) is 18.3 Å². The van der Waals surface area contributed by atoms with Crippen molar-refractivity contribution in [3.8, 4) is 5.75 Å². The number of aromatic nitrogens is 2. The van der Waals surface area contributed by atoms with Crippen LogP contribution in [0.1, 0.15) is 10.6 Å². The summed E-state index contributed by atoms with van der Waals surface area (Å²) in [5, 5.41) is 0. The minimum Gasteiger partial charge on any atom is -0.485 e. The number of aromatic amines is 1. The Labute approximate surface area is 86.9 Å². The normalized spacial score (nSPS) is 9.87. The van der Waals surface area contributed by atoms with Crippen LogP contribution in [0.15, 0.2) is 42.7 Å². The number of rotatable bonds is 4. The van der Waals surface area contributed by atoms with Gasteiger partial charge in [-0.05, 0) is 12.1 Å². The van der Waals surface area contributed by atoms with E-state index in [4.69, 9.17) is 4.74 Å². The minimum absolute atomic E-state index is 0.00245. The predicted octanol–water partition coefficient (Wildman–Crippen LogP) is 1.67. The van der Waals surface area contributed by atoms with Crippen molar-refractivity contribution in [3.05, 3.63) is 48.5 Å². The molecule has 4 heteroatoms. The van der Waals surface area contributed by atoms with Gasteiger partial charge in [0, 0.05) is 12.4 Å². The number of Topliss-reactive ketones (excluding diaryl/α,β-unsaturated/α-hetero) is 1. The fourth-order valence-corrected chi connectivity index (χ4v) is 1.15. The number of carbonyl (C=O) groups excluding carboxylic acids is 1. The molecule has 0 atom stereocenters. The average molecular weight is 202 g/mol. The van der Waals surface area contributed by atoms with Crippen LogP contribution in [0.25, 0.3) is 0 Å². The number of hydrogen-bond donors (Lipinski definition) is 1. The average Bonchev–Trinajstić information content (AvgIpc) is 2.81. The molecule has 0 radical (unpaired) electrons. The number of carbonyl (C=O) groups is 1. The maximum Gasteiger partial charge on any atom is 0.235 e. The first kappa shape index (κ1) is 9.45. The van der Waals surface area contributed by atoms with Crippen LogP contribution in [0.3, 0.4) is 0 Å². The zero-order chi connectivity index (χ0) is 10.5. The maximum atomic E-state index is 11.5. The van der Waals surface area contributed by atoms with Crippen LogP contribution in [-0.4, -0.2) is 22.4 Å². The molecule has 0 saturated heterocycles. The summed E-state index contributed by atoms with van der Waals surface area (Å²) in [5.74, 6) is 0.840. The van der Waals surface area contributed by atoms with Crippen LogP contribution in [0.5, 0.6) is 5.75 Å². The molecule has 0 fully saturated rings. The molecular weight excluding hydrogens is 192 g/mol. The lowest BCUT2D eigenvalue weighted by Crippen LogP contribution is -2.12. The zero-order valence-corrected chi connectivity index (χ0v) is 8.01. The van der Waals surface area contributed by atoms with Crippen molar-refractivity contribution in [2.24, 2.45) is 0 Å². The van der Waals surface area contributed by atoms with Crippen LogP contribution < -0.4 is 4.74 Å². The molecular formula is C11H10N2O2. The molecule has 0 aliphatic carbocycles. The smallest absolute Gasteiger partial charge is 0.235 e. The van der Waals surface area contributed by atoms with Gasteiger partial charge in [0.25, 0.3) is 0 Å². The lowest BCUT2D eigenvalue weighted by Gasteiger charge is -2.02. The lowest BCUT2D eigenvalue weighted by molar-refractivity contribution is 0.0912. The van der Waals surface area contributed by atoms with E-state index in [9.17, 15) is 4.79 Å². The predicted molar refractivity (Wildman–Crippen MR) is 54.9 cm³/mol. The van der Waals surface area contributed by atoms with E-state index in [2.05, 4.69) is 9.97 Å². The molecule has 2 aromatic rings. The molecule has 1 aromatic heterocycles. The molecule has 0 saturated carbocycles. The first-order valence-corrected chi connectivity index (χ1v) is 4.56. The molecule has 1 N–H and O–H groups in total. The second-order valence-corrected chi connectivity index (χ2v) is 2.96. The van der Waals surface area contributed by atoms with E-state index in [0.29, 0.717) is 11.6 Å². The summed E-state index contributed by atoms with van der Waals surface area (Å²) in [6.45, 7) is -0.00245. The standard InChI is InChI=1S/C11H10N2O2/c14-10(11-12-6-7-13-11)8-15-9-4-2-1-3-5-9/h1-7H,8H2,(H,12,13). The number of nitrogens with one attached hydrogen (secondary N) is 1. The van der Waals surface area contributed by atoms with Crippen molar-refractivity contribution in [3.63, 3.8) is 0 Å². The van der Waals surface area contributed by atoms with Crippen LogP contribution >= 0.6 is 0 Å². The molecule has 0 aliphatic rings. The van der Waals surface area contributed by atoms with Gasteiger partial charge in [0.1, 0.15) is 5.75 Å². The highest BCUT2D eigenvalue weighted by molar-refractivity contribution is 5.93. The molecule has 2 rings (SSSR count). The highest BCUT2D eigenvalue weighted by atomic mass is 16.5. The van der Waals surface area contributed by atoms with Crippen molar-refractivity contribution in [2.75, 3.05) is 6.61 Å². The molecule has 0 amide bonds. The molecule has 0 bridgehead atoms. The SMILES string of the molecule is O=C(COc1ccccc1)c1ncc[nH]1. The second kappa shape index (κ2) is 4.41. The molecule has 0 aliphatic heterocycles. The summed E-state index contributed by atoms with van der Waals surface area (Å²) in [4.78, 5) is 18.0. The van der Waals surface area contributed by atoms with Crippen LogP contribution in [0.2, 0.25) is 0 Å². The van der Waals surface area contributed by atoms with Gasteiger partial charge in [-0.3, -0.25) is 4.79 Å². The topological polar surface area (TPSA) is 55.0 Å². The van der Waals surface area contributed by atoms with Crippen molar-refractivity contribution in [1.82, 2.24) is 9.97 Å². The van der Waals surface area contributed by atoms with Gasteiger partial charge in [-0.2, -0.15) is 0 Å². The first-order valence-electron chi connectivity index (χ1n) is 4.56. The van der Waals surface area contributed by atoms with Crippen LogP contribution in [-0.2, 0) is 0 Å². The van der Waals surface area contributed by atoms with E-state index in [1.165, 1.54) is 6.20 Å². The molecule has 1 heterocycles. The Hall–Kier alpha value is -2.10. The van der Waals surface area contributed by atoms with Gasteiger partial charge in [0.2, 0.25) is 5.78 Å². The Morgan fingerprint density at radius 2 is 2.13 bits per heavy atom. The number of hydrogen-bond acceptors (Lipinski definition) is 3. The van der Waals surface area contributed by atoms with Crippen molar-refractivity contribution in [1.29, 1.82) is 0 Å². The molecule has 1 aromatic carbocycles. The fourth-order valence-electron chi connectivity index (χ4n) is 1.15. The maximum absolute atomic E-state index is 11.5. The minimum atomic E-state index is -0.163. The summed E-state index contributed by atoms with van der Waals surface area (Å²) in [6.07, 6.45) is 3.14. The van der Waals surface area contributed by atoms with Crippen LogP contribution in [0.4, 0.5) is 0 Å². The Morgan fingerprint density at radius 3 is 2.80 bits per heavy atom. The highest BCUT2D eigenvalue weighted by Crippen LogP contribution is 2.08. The quantitative estimate of drug-likeness (QED) is 0.767. The largest absolute Gasteiger partial charge is 0.485 e. The van der Waals surface area contributed by atoms with Gasteiger partial charge in [-0.15, -0.1) is 0 Å². The number of benzene rings is 1. The number of H-pyrrole nitrogens is 1.